The Morgan fingerprint density at radius 3 is 0.962 bits per heavy atom. The summed E-state index contributed by atoms with van der Waals surface area (Å²) in [5, 5.41) is 93.0. The van der Waals surface area contributed by atoms with Crippen LogP contribution in [-0.2, 0) is 12.8 Å². The van der Waals surface area contributed by atoms with Crippen LogP contribution in [0, 0.1) is 0 Å². The first-order valence-corrected chi connectivity index (χ1v) is 19.7. The molecule has 0 unspecified atom stereocenters. The fourth-order valence-corrected chi connectivity index (χ4v) is 10.5. The summed E-state index contributed by atoms with van der Waals surface area (Å²) >= 11 is 13.4. The molecule has 8 aromatic rings. The van der Waals surface area contributed by atoms with Gasteiger partial charge in [0.05, 0.1) is 42.7 Å². The maximum absolute atomic E-state index is 14.8. The molecule has 8 rings (SSSR count). The van der Waals surface area contributed by atoms with E-state index in [-0.39, 0.29) is 95.4 Å². The van der Waals surface area contributed by atoms with Crippen LogP contribution in [0.25, 0.3) is 75.4 Å². The number of benzene rings is 8. The Labute approximate surface area is 326 Å². The topological polar surface area (TPSA) is 196 Å². The molecule has 2 atom stereocenters. The first kappa shape index (κ1) is 35.6. The summed E-state index contributed by atoms with van der Waals surface area (Å²) in [7, 11) is 0. The van der Waals surface area contributed by atoms with Gasteiger partial charge in [0.15, 0.2) is 0 Å². The normalized spacial score (nSPS) is 13.9. The van der Waals surface area contributed by atoms with Crippen LogP contribution in [0.4, 0.5) is 0 Å². The predicted molar refractivity (Wildman–Crippen MR) is 216 cm³/mol. The van der Waals surface area contributed by atoms with Crippen LogP contribution in [0.2, 0.25) is 0 Å². The summed E-state index contributed by atoms with van der Waals surface area (Å²) in [5.74, 6) is -3.36. The molecule has 0 saturated carbocycles. The molecule has 0 amide bonds. The highest BCUT2D eigenvalue weighted by Crippen LogP contribution is 2.61. The molecule has 0 aromatic heterocycles. The summed E-state index contributed by atoms with van der Waals surface area (Å²) < 4.78 is -0.396. The van der Waals surface area contributed by atoms with Crippen LogP contribution >= 0.6 is 63.7 Å². The van der Waals surface area contributed by atoms with Gasteiger partial charge in [-0.1, -0.05) is 26.7 Å². The van der Waals surface area contributed by atoms with Crippen molar-refractivity contribution in [2.75, 3.05) is 0 Å². The molecule has 14 heteroatoms. The average molecular weight is 964 g/mol. The average Bonchev–Trinajstić information content (AvgIpc) is 3.09. The Kier molecular flexibility index (Phi) is 8.26. The van der Waals surface area contributed by atoms with Crippen LogP contribution < -0.4 is 10.9 Å². The Balaban J connectivity index is 1.89. The highest BCUT2D eigenvalue weighted by atomic mass is 79.9. The molecule has 0 spiro atoms. The molecule has 52 heavy (non-hydrogen) atoms. The van der Waals surface area contributed by atoms with E-state index in [4.69, 9.17) is 0 Å². The number of phenolic OH excluding ortho intramolecular Hbond substituents is 6. The van der Waals surface area contributed by atoms with Crippen molar-refractivity contribution in [3.63, 3.8) is 0 Å². The highest BCUT2D eigenvalue weighted by Gasteiger charge is 2.37. The molecule has 8 N–H and O–H groups in total. The number of aliphatic hydroxyl groups is 2. The van der Waals surface area contributed by atoms with Gasteiger partial charge in [0, 0.05) is 55.9 Å². The Morgan fingerprint density at radius 2 is 0.654 bits per heavy atom. The fourth-order valence-electron chi connectivity index (χ4n) is 8.55. The van der Waals surface area contributed by atoms with Crippen LogP contribution in [0.15, 0.2) is 27.5 Å². The predicted octanol–water partition coefficient (Wildman–Crippen LogP) is 8.92. The Morgan fingerprint density at radius 1 is 0.404 bits per heavy atom. The molecule has 0 aliphatic heterocycles. The van der Waals surface area contributed by atoms with E-state index in [1.165, 1.54) is 0 Å². The van der Waals surface area contributed by atoms with Crippen molar-refractivity contribution in [1.82, 2.24) is 0 Å². The lowest BCUT2D eigenvalue weighted by atomic mass is 9.76. The van der Waals surface area contributed by atoms with E-state index in [2.05, 4.69) is 63.7 Å². The zero-order chi connectivity index (χ0) is 37.6. The van der Waals surface area contributed by atoms with Crippen LogP contribution in [-0.4, -0.2) is 53.1 Å². The molecule has 268 valence electrons. The van der Waals surface area contributed by atoms with E-state index in [9.17, 15) is 50.4 Å². The van der Waals surface area contributed by atoms with Gasteiger partial charge >= 0.3 is 0 Å². The van der Waals surface area contributed by atoms with Gasteiger partial charge < -0.3 is 40.9 Å². The van der Waals surface area contributed by atoms with Crippen molar-refractivity contribution in [1.29, 1.82) is 0 Å². The van der Waals surface area contributed by atoms with E-state index in [1.807, 2.05) is 13.8 Å². The summed E-state index contributed by atoms with van der Waals surface area (Å²) in [6.45, 7) is 3.81. The molecule has 0 radical (unpaired) electrons. The molecular weight excluding hydrogens is 936 g/mol. The van der Waals surface area contributed by atoms with Crippen LogP contribution in [0.5, 0.6) is 34.5 Å². The minimum absolute atomic E-state index is 0.000920. The quantitative estimate of drug-likeness (QED) is 0.0538. The van der Waals surface area contributed by atoms with Gasteiger partial charge in [-0.2, -0.15) is 0 Å². The lowest BCUT2D eigenvalue weighted by molar-refractivity contribution is 0.163. The number of aliphatic hydroxyl groups excluding tert-OH is 2. The first-order valence-electron chi connectivity index (χ1n) is 16.5. The standard InChI is InChI=1S/C38H28Br4O10/c1-3-5-9(43)7-11-13-14-12(8-10(44)6-4-2)28(40)36(50)24-16(14)18-17-15(13)23(35(49)27(11)39)31(45)25-19(17)21(33(47)29(41)37(25)51)22-20(18)26(32(24)46)38(52)30(42)34(22)48/h9-10,43-44,47-52H,3-8H2,1-2H3/t9-,10-/m1/s1. The van der Waals surface area contributed by atoms with Crippen molar-refractivity contribution >= 4 is 139 Å². The Bertz CT molecular complexity index is 2760. The summed E-state index contributed by atoms with van der Waals surface area (Å²) in [6, 6.07) is 0. The number of aromatic hydroxyl groups is 6. The van der Waals surface area contributed by atoms with Gasteiger partial charge in [-0.25, -0.2) is 0 Å². The summed E-state index contributed by atoms with van der Waals surface area (Å²) in [6.07, 6.45) is 0.187. The van der Waals surface area contributed by atoms with E-state index in [1.54, 1.807) is 0 Å². The fraction of sp³-hybridized carbons (Fsp3) is 0.263. The highest BCUT2D eigenvalue weighted by molar-refractivity contribution is 9.11. The second-order valence-corrected chi connectivity index (χ2v) is 16.7. The van der Waals surface area contributed by atoms with Crippen molar-refractivity contribution in [2.24, 2.45) is 0 Å². The van der Waals surface area contributed by atoms with Gasteiger partial charge in [-0.15, -0.1) is 0 Å². The number of halogens is 4. The molecular formula is C38H28Br4O10. The second-order valence-electron chi connectivity index (χ2n) is 13.5. The van der Waals surface area contributed by atoms with Gasteiger partial charge in [0.1, 0.15) is 43.4 Å². The zero-order valence-corrected chi connectivity index (χ0v) is 33.6. The molecule has 10 nitrogen and oxygen atoms in total. The SMILES string of the molecule is CCC[C@@H](O)Cc1c(Br)c(O)c2c(=O)c3c(O)c(Br)c(O)c4c5c(O)c(Br)c(O)c6c(=O)c7c(O)c(Br)c(C[C@H](O)CCC)c8c1c2c(c34)c(c65)c78. The van der Waals surface area contributed by atoms with Crippen molar-refractivity contribution in [2.45, 2.75) is 64.6 Å². The number of rotatable bonds is 8. The van der Waals surface area contributed by atoms with Crippen LogP contribution in [0.3, 0.4) is 0 Å². The first-order chi connectivity index (χ1) is 24.6. The van der Waals surface area contributed by atoms with Gasteiger partial charge in [0.25, 0.3) is 0 Å². The minimum atomic E-state index is -0.909. The lowest BCUT2D eigenvalue weighted by Crippen LogP contribution is -2.16. The molecule has 0 fully saturated rings. The second kappa shape index (κ2) is 12.1. The third-order valence-electron chi connectivity index (χ3n) is 10.6. The minimum Gasteiger partial charge on any atom is -0.506 e. The maximum Gasteiger partial charge on any atom is 0.201 e. The number of hydrogen-bond acceptors (Lipinski definition) is 10. The number of phenols is 6. The smallest absolute Gasteiger partial charge is 0.201 e. The van der Waals surface area contributed by atoms with Crippen molar-refractivity contribution in [3.8, 4) is 34.5 Å². The van der Waals surface area contributed by atoms with Gasteiger partial charge in [0.2, 0.25) is 10.9 Å². The van der Waals surface area contributed by atoms with Crippen molar-refractivity contribution < 1.29 is 40.9 Å². The monoisotopic (exact) mass is 960 g/mol. The molecule has 0 heterocycles. The molecule has 0 saturated heterocycles. The van der Waals surface area contributed by atoms with E-state index in [0.717, 1.165) is 0 Å². The third-order valence-corrected chi connectivity index (χ3v) is 13.8. The molecule has 8 aromatic carbocycles. The van der Waals surface area contributed by atoms with Gasteiger partial charge in [-0.3, -0.25) is 9.59 Å². The number of hydrogen-bond donors (Lipinski definition) is 8. The Hall–Kier alpha value is -3.40. The van der Waals surface area contributed by atoms with E-state index in [0.29, 0.717) is 47.6 Å². The molecule has 0 aliphatic carbocycles. The van der Waals surface area contributed by atoms with Gasteiger partial charge in [-0.05, 0) is 98.5 Å². The third kappa shape index (κ3) is 4.27. The zero-order valence-electron chi connectivity index (χ0n) is 27.3. The summed E-state index contributed by atoms with van der Waals surface area (Å²) in [5.41, 5.74) is -0.862. The maximum atomic E-state index is 14.8. The van der Waals surface area contributed by atoms with E-state index < -0.39 is 57.6 Å². The summed E-state index contributed by atoms with van der Waals surface area (Å²) in [4.78, 5) is 29.6. The molecule has 0 aliphatic rings. The van der Waals surface area contributed by atoms with E-state index >= 15 is 0 Å². The van der Waals surface area contributed by atoms with Crippen LogP contribution in [0.1, 0.15) is 50.7 Å². The molecule has 0 bridgehead atoms. The number of fused-ring (bicyclic) bond motifs is 2. The van der Waals surface area contributed by atoms with Crippen molar-refractivity contribution in [3.05, 3.63) is 49.5 Å². The largest absolute Gasteiger partial charge is 0.506 e. The lowest BCUT2D eigenvalue weighted by Gasteiger charge is -2.28.